The highest BCUT2D eigenvalue weighted by Gasteiger charge is 2.34. The molecular weight excluding hydrogens is 226 g/mol. The van der Waals surface area contributed by atoms with Crippen LogP contribution in [0, 0.1) is 5.92 Å². The SMILES string of the molecule is CCCc1cnc(N2CCC(C(C)(C)O)C2)nc1. The molecule has 1 atom stereocenters. The molecule has 1 aliphatic heterocycles. The Kier molecular flexibility index (Phi) is 3.85. The second-order valence-corrected chi connectivity index (χ2v) is 5.73. The third-order valence-electron chi connectivity index (χ3n) is 3.70. The summed E-state index contributed by atoms with van der Waals surface area (Å²) in [6.07, 6.45) is 7.00. The largest absolute Gasteiger partial charge is 0.390 e. The summed E-state index contributed by atoms with van der Waals surface area (Å²) < 4.78 is 0. The zero-order valence-electron chi connectivity index (χ0n) is 11.6. The Balaban J connectivity index is 2.01. The monoisotopic (exact) mass is 249 g/mol. The van der Waals surface area contributed by atoms with Crippen molar-refractivity contribution in [2.45, 2.75) is 45.6 Å². The first-order valence-corrected chi connectivity index (χ1v) is 6.79. The van der Waals surface area contributed by atoms with Gasteiger partial charge in [-0.15, -0.1) is 0 Å². The number of hydrogen-bond donors (Lipinski definition) is 1. The van der Waals surface area contributed by atoms with Crippen molar-refractivity contribution in [2.75, 3.05) is 18.0 Å². The minimum Gasteiger partial charge on any atom is -0.390 e. The van der Waals surface area contributed by atoms with Gasteiger partial charge in [0.2, 0.25) is 5.95 Å². The highest BCUT2D eigenvalue weighted by atomic mass is 16.3. The lowest BCUT2D eigenvalue weighted by molar-refractivity contribution is 0.0263. The number of aliphatic hydroxyl groups is 1. The van der Waals surface area contributed by atoms with E-state index in [-0.39, 0.29) is 0 Å². The number of aryl methyl sites for hydroxylation is 1. The zero-order valence-corrected chi connectivity index (χ0v) is 11.6. The molecule has 0 amide bonds. The molecule has 4 heteroatoms. The maximum atomic E-state index is 10.0. The molecule has 2 heterocycles. The van der Waals surface area contributed by atoms with Crippen molar-refractivity contribution in [3.8, 4) is 0 Å². The van der Waals surface area contributed by atoms with Crippen molar-refractivity contribution in [1.82, 2.24) is 9.97 Å². The number of hydrogen-bond acceptors (Lipinski definition) is 4. The molecule has 1 fully saturated rings. The topological polar surface area (TPSA) is 49.2 Å². The Bertz CT molecular complexity index is 383. The van der Waals surface area contributed by atoms with E-state index in [0.717, 1.165) is 38.3 Å². The summed E-state index contributed by atoms with van der Waals surface area (Å²) in [5.41, 5.74) is 0.580. The first-order valence-electron chi connectivity index (χ1n) is 6.79. The summed E-state index contributed by atoms with van der Waals surface area (Å²) in [5.74, 6) is 1.10. The molecule has 0 bridgehead atoms. The van der Waals surface area contributed by atoms with Gasteiger partial charge < -0.3 is 10.0 Å². The normalized spacial score (nSPS) is 20.4. The molecule has 2 rings (SSSR count). The van der Waals surface area contributed by atoms with E-state index in [1.165, 1.54) is 5.56 Å². The maximum absolute atomic E-state index is 10.0. The lowest BCUT2D eigenvalue weighted by atomic mass is 9.91. The van der Waals surface area contributed by atoms with Crippen LogP contribution in [-0.2, 0) is 6.42 Å². The van der Waals surface area contributed by atoms with Gasteiger partial charge in [-0.3, -0.25) is 0 Å². The highest BCUT2D eigenvalue weighted by molar-refractivity contribution is 5.32. The smallest absolute Gasteiger partial charge is 0.225 e. The minimum absolute atomic E-state index is 0.302. The molecule has 1 N–H and O–H groups in total. The molecule has 1 aromatic heterocycles. The summed E-state index contributed by atoms with van der Waals surface area (Å²) in [6.45, 7) is 7.69. The lowest BCUT2D eigenvalue weighted by Crippen LogP contribution is -2.33. The first-order chi connectivity index (χ1) is 8.50. The van der Waals surface area contributed by atoms with Crippen LogP contribution < -0.4 is 4.90 Å². The third kappa shape index (κ3) is 2.99. The summed E-state index contributed by atoms with van der Waals surface area (Å²) in [5, 5.41) is 10.0. The van der Waals surface area contributed by atoms with Crippen molar-refractivity contribution in [3.05, 3.63) is 18.0 Å². The lowest BCUT2D eigenvalue weighted by Gasteiger charge is -2.25. The van der Waals surface area contributed by atoms with Crippen molar-refractivity contribution in [1.29, 1.82) is 0 Å². The Labute approximate surface area is 109 Å². The van der Waals surface area contributed by atoms with Crippen LogP contribution in [0.1, 0.15) is 39.2 Å². The van der Waals surface area contributed by atoms with Crippen LogP contribution in [0.3, 0.4) is 0 Å². The van der Waals surface area contributed by atoms with Crippen LogP contribution in [0.25, 0.3) is 0 Å². The van der Waals surface area contributed by atoms with Gasteiger partial charge in [-0.2, -0.15) is 0 Å². The summed E-state index contributed by atoms with van der Waals surface area (Å²) >= 11 is 0. The van der Waals surface area contributed by atoms with Crippen LogP contribution in [0.5, 0.6) is 0 Å². The summed E-state index contributed by atoms with van der Waals surface area (Å²) in [7, 11) is 0. The molecular formula is C14H23N3O. The second-order valence-electron chi connectivity index (χ2n) is 5.73. The molecule has 1 aromatic rings. The van der Waals surface area contributed by atoms with Gasteiger partial charge in [-0.05, 0) is 32.3 Å². The number of rotatable bonds is 4. The van der Waals surface area contributed by atoms with E-state index < -0.39 is 5.60 Å². The van der Waals surface area contributed by atoms with E-state index in [1.54, 1.807) is 0 Å². The van der Waals surface area contributed by atoms with Gasteiger partial charge in [-0.1, -0.05) is 13.3 Å². The number of nitrogens with zero attached hydrogens (tertiary/aromatic N) is 3. The molecule has 1 unspecified atom stereocenters. The van der Waals surface area contributed by atoms with E-state index in [1.807, 2.05) is 26.2 Å². The fraction of sp³-hybridized carbons (Fsp3) is 0.714. The summed E-state index contributed by atoms with van der Waals surface area (Å²) in [6, 6.07) is 0. The molecule has 0 aromatic carbocycles. The molecule has 0 aliphatic carbocycles. The van der Waals surface area contributed by atoms with E-state index >= 15 is 0 Å². The molecule has 0 radical (unpaired) electrons. The van der Waals surface area contributed by atoms with Crippen LogP contribution in [0.15, 0.2) is 12.4 Å². The highest BCUT2D eigenvalue weighted by Crippen LogP contribution is 2.28. The molecule has 1 saturated heterocycles. The molecule has 4 nitrogen and oxygen atoms in total. The average Bonchev–Trinajstić information content (AvgIpc) is 2.79. The Hall–Kier alpha value is -1.16. The van der Waals surface area contributed by atoms with Crippen LogP contribution in [-0.4, -0.2) is 33.8 Å². The predicted molar refractivity (Wildman–Crippen MR) is 72.6 cm³/mol. The Morgan fingerprint density at radius 2 is 2.06 bits per heavy atom. The minimum atomic E-state index is -0.614. The number of anilines is 1. The quantitative estimate of drug-likeness (QED) is 0.887. The van der Waals surface area contributed by atoms with Crippen molar-refractivity contribution in [3.63, 3.8) is 0 Å². The Morgan fingerprint density at radius 1 is 1.39 bits per heavy atom. The van der Waals surface area contributed by atoms with Gasteiger partial charge in [-0.25, -0.2) is 9.97 Å². The standard InChI is InChI=1S/C14H23N3O/c1-4-5-11-8-15-13(16-9-11)17-7-6-12(10-17)14(2,3)18/h8-9,12,18H,4-7,10H2,1-3H3. The van der Waals surface area contributed by atoms with E-state index in [2.05, 4.69) is 21.8 Å². The average molecular weight is 249 g/mol. The molecule has 0 saturated carbocycles. The fourth-order valence-corrected chi connectivity index (χ4v) is 2.45. The number of aromatic nitrogens is 2. The fourth-order valence-electron chi connectivity index (χ4n) is 2.45. The predicted octanol–water partition coefficient (Wildman–Crippen LogP) is 2.03. The zero-order chi connectivity index (χ0) is 13.2. The van der Waals surface area contributed by atoms with Gasteiger partial charge in [0.15, 0.2) is 0 Å². The maximum Gasteiger partial charge on any atom is 0.225 e. The van der Waals surface area contributed by atoms with Crippen LogP contribution in [0.2, 0.25) is 0 Å². The molecule has 18 heavy (non-hydrogen) atoms. The summed E-state index contributed by atoms with van der Waals surface area (Å²) in [4.78, 5) is 11.0. The second kappa shape index (κ2) is 5.22. The Morgan fingerprint density at radius 3 is 2.56 bits per heavy atom. The van der Waals surface area contributed by atoms with Crippen LogP contribution in [0.4, 0.5) is 5.95 Å². The van der Waals surface area contributed by atoms with Gasteiger partial charge in [0.25, 0.3) is 0 Å². The molecule has 100 valence electrons. The first kappa shape index (κ1) is 13.3. The van der Waals surface area contributed by atoms with E-state index in [4.69, 9.17) is 0 Å². The van der Waals surface area contributed by atoms with Crippen molar-refractivity contribution < 1.29 is 5.11 Å². The van der Waals surface area contributed by atoms with Crippen molar-refractivity contribution in [2.24, 2.45) is 5.92 Å². The molecule has 0 spiro atoms. The third-order valence-corrected chi connectivity index (χ3v) is 3.70. The van der Waals surface area contributed by atoms with Crippen LogP contribution >= 0.6 is 0 Å². The van der Waals surface area contributed by atoms with E-state index in [0.29, 0.717) is 5.92 Å². The van der Waals surface area contributed by atoms with E-state index in [9.17, 15) is 5.11 Å². The van der Waals surface area contributed by atoms with Crippen molar-refractivity contribution >= 4 is 5.95 Å². The van der Waals surface area contributed by atoms with Gasteiger partial charge >= 0.3 is 0 Å². The van der Waals surface area contributed by atoms with Gasteiger partial charge in [0, 0.05) is 31.4 Å². The van der Waals surface area contributed by atoms with Gasteiger partial charge in [0.05, 0.1) is 5.60 Å². The molecule has 1 aliphatic rings. The van der Waals surface area contributed by atoms with Gasteiger partial charge in [0.1, 0.15) is 0 Å².